The first kappa shape index (κ1) is 22.1. The summed E-state index contributed by atoms with van der Waals surface area (Å²) in [7, 11) is -1.91. The minimum Gasteiger partial charge on any atom is -0.353 e. The zero-order valence-electron chi connectivity index (χ0n) is 18.1. The van der Waals surface area contributed by atoms with Crippen LogP contribution < -0.4 is 5.56 Å². The Morgan fingerprint density at radius 3 is 2.62 bits per heavy atom. The molecule has 0 aliphatic rings. The molecule has 0 bridgehead atoms. The molecule has 5 rings (SSSR count). The quantitative estimate of drug-likeness (QED) is 0.375. The topological polar surface area (TPSA) is 116 Å². The molecule has 34 heavy (non-hydrogen) atoms. The standard InChI is InChI=1S/C24H20N4O4S2/c1-28(9-10-34(31,32)17-5-3-2-4-6-17)24(30)15-7-8-18-16(11-15)12-19(25-18)22-23(29)27-21-14-33-13-20(21)26-22/h2-8,11-14,25H,9-10H2,1H3,(H,27,29). The second-order valence-electron chi connectivity index (χ2n) is 7.93. The fourth-order valence-corrected chi connectivity index (χ4v) is 5.74. The number of H-pyrrole nitrogens is 2. The fraction of sp³-hybridized carbons (Fsp3) is 0.125. The van der Waals surface area contributed by atoms with Crippen LogP contribution in [0.4, 0.5) is 0 Å². The van der Waals surface area contributed by atoms with Crippen molar-refractivity contribution in [3.8, 4) is 11.4 Å². The molecule has 0 unspecified atom stereocenters. The minimum atomic E-state index is -3.49. The highest BCUT2D eigenvalue weighted by molar-refractivity contribution is 7.91. The van der Waals surface area contributed by atoms with Crippen LogP contribution in [0.2, 0.25) is 0 Å². The van der Waals surface area contributed by atoms with Crippen LogP contribution in [0.5, 0.6) is 0 Å². The van der Waals surface area contributed by atoms with Crippen molar-refractivity contribution in [1.29, 1.82) is 0 Å². The fourth-order valence-electron chi connectivity index (χ4n) is 3.72. The summed E-state index contributed by atoms with van der Waals surface area (Å²) in [5, 5.41) is 4.44. The van der Waals surface area contributed by atoms with Gasteiger partial charge in [0.05, 0.1) is 27.4 Å². The van der Waals surface area contributed by atoms with Gasteiger partial charge in [-0.15, -0.1) is 11.3 Å². The van der Waals surface area contributed by atoms with Gasteiger partial charge in [-0.05, 0) is 36.4 Å². The lowest BCUT2D eigenvalue weighted by Gasteiger charge is -2.17. The number of carbonyl (C=O) groups excluding carboxylic acids is 1. The lowest BCUT2D eigenvalue weighted by atomic mass is 10.1. The van der Waals surface area contributed by atoms with Gasteiger partial charge in [0.1, 0.15) is 0 Å². The third-order valence-corrected chi connectivity index (χ3v) is 8.05. The number of nitrogens with one attached hydrogen (secondary N) is 2. The summed E-state index contributed by atoms with van der Waals surface area (Å²) in [6.07, 6.45) is 0. The number of nitrogens with zero attached hydrogens (tertiary/aromatic N) is 2. The Balaban J connectivity index is 1.37. The number of aromatic nitrogens is 3. The van der Waals surface area contributed by atoms with E-state index in [0.29, 0.717) is 22.3 Å². The SMILES string of the molecule is CN(CCS(=O)(=O)c1ccccc1)C(=O)c1ccc2[nH]c(-c3nc4cscc4[nH]c3=O)cc2c1. The van der Waals surface area contributed by atoms with Gasteiger partial charge in [-0.2, -0.15) is 0 Å². The van der Waals surface area contributed by atoms with Crippen molar-refractivity contribution in [2.75, 3.05) is 19.3 Å². The largest absolute Gasteiger partial charge is 0.353 e. The normalized spacial score (nSPS) is 11.8. The van der Waals surface area contributed by atoms with Crippen molar-refractivity contribution >= 4 is 49.0 Å². The van der Waals surface area contributed by atoms with E-state index in [4.69, 9.17) is 0 Å². The maximum absolute atomic E-state index is 12.9. The lowest BCUT2D eigenvalue weighted by molar-refractivity contribution is 0.0803. The van der Waals surface area contributed by atoms with Crippen molar-refractivity contribution < 1.29 is 13.2 Å². The van der Waals surface area contributed by atoms with E-state index in [0.717, 1.165) is 10.9 Å². The van der Waals surface area contributed by atoms with Gasteiger partial charge in [0, 0.05) is 40.8 Å². The number of hydrogen-bond donors (Lipinski definition) is 2. The van der Waals surface area contributed by atoms with Crippen LogP contribution in [0.3, 0.4) is 0 Å². The summed E-state index contributed by atoms with van der Waals surface area (Å²) in [4.78, 5) is 37.5. The second kappa shape index (κ2) is 8.54. The van der Waals surface area contributed by atoms with Crippen LogP contribution in [-0.4, -0.2) is 53.5 Å². The van der Waals surface area contributed by atoms with Crippen molar-refractivity contribution in [3.05, 3.63) is 81.3 Å². The molecule has 0 saturated heterocycles. The molecule has 2 aromatic carbocycles. The van der Waals surface area contributed by atoms with Crippen molar-refractivity contribution in [2.24, 2.45) is 0 Å². The Hall–Kier alpha value is -3.76. The molecular weight excluding hydrogens is 472 g/mol. The third kappa shape index (κ3) is 4.13. The summed E-state index contributed by atoms with van der Waals surface area (Å²) < 4.78 is 25.0. The van der Waals surface area contributed by atoms with Crippen LogP contribution in [0, 0.1) is 0 Å². The summed E-state index contributed by atoms with van der Waals surface area (Å²) in [5.74, 6) is -0.460. The molecule has 0 saturated carbocycles. The van der Waals surface area contributed by atoms with Gasteiger partial charge in [-0.3, -0.25) is 9.59 Å². The zero-order valence-corrected chi connectivity index (χ0v) is 19.7. The molecule has 10 heteroatoms. The number of amides is 1. The Morgan fingerprint density at radius 1 is 1.03 bits per heavy atom. The molecule has 0 radical (unpaired) electrons. The van der Waals surface area contributed by atoms with E-state index in [-0.39, 0.29) is 34.4 Å². The molecule has 0 aliphatic heterocycles. The minimum absolute atomic E-state index is 0.0619. The number of thiophene rings is 1. The summed E-state index contributed by atoms with van der Waals surface area (Å²) in [5.41, 5.74) is 3.11. The van der Waals surface area contributed by atoms with Gasteiger partial charge in [-0.25, -0.2) is 13.4 Å². The van der Waals surface area contributed by atoms with E-state index in [2.05, 4.69) is 15.0 Å². The predicted molar refractivity (Wildman–Crippen MR) is 133 cm³/mol. The van der Waals surface area contributed by atoms with Crippen molar-refractivity contribution in [3.63, 3.8) is 0 Å². The molecule has 3 heterocycles. The van der Waals surface area contributed by atoms with Crippen LogP contribution >= 0.6 is 11.3 Å². The Kier molecular flexibility index (Phi) is 5.54. The average molecular weight is 493 g/mol. The first-order valence-electron chi connectivity index (χ1n) is 10.4. The highest BCUT2D eigenvalue weighted by Crippen LogP contribution is 2.24. The number of sulfone groups is 1. The summed E-state index contributed by atoms with van der Waals surface area (Å²) >= 11 is 1.46. The number of aromatic amines is 2. The predicted octanol–water partition coefficient (Wildman–Crippen LogP) is 3.68. The molecule has 172 valence electrons. The number of rotatable bonds is 6. The number of fused-ring (bicyclic) bond motifs is 2. The van der Waals surface area contributed by atoms with Gasteiger partial charge >= 0.3 is 0 Å². The highest BCUT2D eigenvalue weighted by Gasteiger charge is 2.19. The van der Waals surface area contributed by atoms with E-state index in [1.165, 1.54) is 16.2 Å². The van der Waals surface area contributed by atoms with Crippen LogP contribution in [0.25, 0.3) is 33.3 Å². The number of carbonyl (C=O) groups is 1. The van der Waals surface area contributed by atoms with E-state index in [1.54, 1.807) is 61.6 Å². The van der Waals surface area contributed by atoms with Gasteiger partial charge in [0.15, 0.2) is 15.5 Å². The smallest absolute Gasteiger partial charge is 0.276 e. The first-order valence-corrected chi connectivity index (χ1v) is 13.0. The van der Waals surface area contributed by atoms with E-state index in [9.17, 15) is 18.0 Å². The van der Waals surface area contributed by atoms with E-state index >= 15 is 0 Å². The summed E-state index contributed by atoms with van der Waals surface area (Å²) in [6, 6.07) is 15.1. The third-order valence-electron chi connectivity index (χ3n) is 5.60. The zero-order chi connectivity index (χ0) is 23.9. The number of benzene rings is 2. The molecule has 3 aromatic heterocycles. The number of hydrogen-bond acceptors (Lipinski definition) is 6. The second-order valence-corrected chi connectivity index (χ2v) is 10.8. The Morgan fingerprint density at radius 2 is 1.82 bits per heavy atom. The van der Waals surface area contributed by atoms with Gasteiger partial charge < -0.3 is 14.9 Å². The van der Waals surface area contributed by atoms with E-state index < -0.39 is 9.84 Å². The molecule has 1 amide bonds. The molecular formula is C24H20N4O4S2. The molecule has 2 N–H and O–H groups in total. The van der Waals surface area contributed by atoms with Crippen LogP contribution in [0.1, 0.15) is 10.4 Å². The molecule has 8 nitrogen and oxygen atoms in total. The van der Waals surface area contributed by atoms with E-state index in [1.807, 2.05) is 10.8 Å². The average Bonchev–Trinajstić information content (AvgIpc) is 3.47. The molecule has 0 spiro atoms. The highest BCUT2D eigenvalue weighted by atomic mass is 32.2. The first-order chi connectivity index (χ1) is 16.3. The lowest BCUT2D eigenvalue weighted by Crippen LogP contribution is -2.31. The summed E-state index contributed by atoms with van der Waals surface area (Å²) in [6.45, 7) is 0.0619. The maximum Gasteiger partial charge on any atom is 0.276 e. The monoisotopic (exact) mass is 492 g/mol. The molecule has 0 atom stereocenters. The van der Waals surface area contributed by atoms with Gasteiger partial charge in [-0.1, -0.05) is 18.2 Å². The van der Waals surface area contributed by atoms with Crippen molar-refractivity contribution in [1.82, 2.24) is 19.9 Å². The Bertz CT molecular complexity index is 1680. The van der Waals surface area contributed by atoms with Gasteiger partial charge in [0.2, 0.25) is 0 Å². The molecule has 0 fully saturated rings. The van der Waals surface area contributed by atoms with Crippen LogP contribution in [0.15, 0.2) is 75.0 Å². The molecule has 5 aromatic rings. The van der Waals surface area contributed by atoms with Crippen LogP contribution in [-0.2, 0) is 9.84 Å². The van der Waals surface area contributed by atoms with Gasteiger partial charge in [0.25, 0.3) is 11.5 Å². The van der Waals surface area contributed by atoms with Crippen molar-refractivity contribution in [2.45, 2.75) is 4.90 Å². The maximum atomic E-state index is 12.9. The Labute approximate surface area is 198 Å². The molecule has 0 aliphatic carbocycles.